The Kier molecular flexibility index (Phi) is 10.3. The van der Waals surface area contributed by atoms with Crippen LogP contribution in [0.25, 0.3) is 56.0 Å². The molecular formula is C64H56N2O. The van der Waals surface area contributed by atoms with E-state index in [0.29, 0.717) is 0 Å². The molecule has 1 unspecified atom stereocenters. The summed E-state index contributed by atoms with van der Waals surface area (Å²) in [6.45, 7) is 6.95. The lowest BCUT2D eigenvalue weighted by Gasteiger charge is -2.34. The van der Waals surface area contributed by atoms with Gasteiger partial charge in [0, 0.05) is 52.0 Å². The van der Waals surface area contributed by atoms with Gasteiger partial charge in [0.05, 0.1) is 11.6 Å². The van der Waals surface area contributed by atoms with Gasteiger partial charge in [-0.05, 0) is 155 Å². The van der Waals surface area contributed by atoms with Crippen LogP contribution in [0.2, 0.25) is 0 Å². The third-order valence-electron chi connectivity index (χ3n) is 14.9. The number of hydrogen-bond donors (Lipinski definition) is 0. The summed E-state index contributed by atoms with van der Waals surface area (Å²) in [6, 6.07) is 52.4. The molecule has 0 spiro atoms. The number of hydrogen-bond acceptors (Lipinski definition) is 2. The van der Waals surface area contributed by atoms with Gasteiger partial charge in [-0.25, -0.2) is 0 Å². The second-order valence-corrected chi connectivity index (χ2v) is 19.4. The first-order chi connectivity index (χ1) is 32.9. The van der Waals surface area contributed by atoms with Crippen LogP contribution in [0.5, 0.6) is 0 Å². The van der Waals surface area contributed by atoms with Crippen molar-refractivity contribution < 1.29 is 4.74 Å². The molecule has 67 heavy (non-hydrogen) atoms. The van der Waals surface area contributed by atoms with Crippen molar-refractivity contribution in [3.05, 3.63) is 239 Å². The fraction of sp³-hybridized carbons (Fsp3) is 0.188. The highest BCUT2D eigenvalue weighted by Gasteiger charge is 2.37. The summed E-state index contributed by atoms with van der Waals surface area (Å²) >= 11 is 0. The number of para-hydroxylation sites is 1. The highest BCUT2D eigenvalue weighted by atomic mass is 16.5. The van der Waals surface area contributed by atoms with E-state index < -0.39 is 0 Å². The standard InChI is InChI=1S/C64H56N2O/c1-43-14-10-13-21-63(43)67-54-36-39-62-58(42-54)57-19-11-12-20-61(57)66(62)52-33-26-48(27-34-52)47-24-31-51(32-25-47)65(50-29-22-46(23-30-50)44-15-6-4-7-16-44)53-35-38-56-55-37-28-49(45-17-8-5-9-18-45)40-59(55)64(2,3)60(56)41-53/h5-6,8-12,14-20,22-29,31-35,37-38,40-42,50H,4,7,13,21,30,36,39H2,1-3H3. The van der Waals surface area contributed by atoms with E-state index in [1.807, 2.05) is 0 Å². The zero-order valence-electron chi connectivity index (χ0n) is 38.8. The first kappa shape index (κ1) is 41.1. The molecule has 328 valence electrons. The molecule has 3 heteroatoms. The molecule has 6 aromatic carbocycles. The predicted molar refractivity (Wildman–Crippen MR) is 281 cm³/mol. The van der Waals surface area contributed by atoms with Crippen LogP contribution in [0, 0.1) is 0 Å². The Morgan fingerprint density at radius 2 is 1.28 bits per heavy atom. The van der Waals surface area contributed by atoms with Crippen molar-refractivity contribution in [1.82, 2.24) is 4.57 Å². The normalized spacial score (nSPS) is 18.0. The molecule has 7 aromatic rings. The Labute approximate surface area is 395 Å². The summed E-state index contributed by atoms with van der Waals surface area (Å²) < 4.78 is 9.03. The Morgan fingerprint density at radius 1 is 0.597 bits per heavy atom. The van der Waals surface area contributed by atoms with Crippen LogP contribution in [0.1, 0.15) is 81.7 Å². The molecule has 5 aliphatic carbocycles. The number of ether oxygens (including phenoxy) is 1. The van der Waals surface area contributed by atoms with Gasteiger partial charge in [-0.3, -0.25) is 0 Å². The van der Waals surface area contributed by atoms with E-state index in [1.165, 1.54) is 100 Å². The minimum Gasteiger partial charge on any atom is -0.466 e. The molecule has 0 N–H and O–H groups in total. The van der Waals surface area contributed by atoms with Gasteiger partial charge in [0.25, 0.3) is 0 Å². The molecular weight excluding hydrogens is 813 g/mol. The van der Waals surface area contributed by atoms with Crippen LogP contribution in [0.4, 0.5) is 11.4 Å². The molecule has 0 radical (unpaired) electrons. The van der Waals surface area contributed by atoms with Gasteiger partial charge in [-0.15, -0.1) is 0 Å². The highest BCUT2D eigenvalue weighted by molar-refractivity contribution is 5.94. The number of nitrogens with zero attached hydrogens (tertiary/aromatic N) is 2. The van der Waals surface area contributed by atoms with Gasteiger partial charge in [0.1, 0.15) is 11.5 Å². The molecule has 1 aromatic heterocycles. The van der Waals surface area contributed by atoms with Crippen LogP contribution in [0.15, 0.2) is 216 Å². The van der Waals surface area contributed by atoms with Gasteiger partial charge in [-0.1, -0.05) is 153 Å². The molecule has 0 saturated carbocycles. The molecule has 3 nitrogen and oxygen atoms in total. The zero-order chi connectivity index (χ0) is 45.1. The zero-order valence-corrected chi connectivity index (χ0v) is 38.8. The average Bonchev–Trinajstić information content (AvgIpc) is 3.83. The molecule has 1 atom stereocenters. The van der Waals surface area contributed by atoms with Gasteiger partial charge in [-0.2, -0.15) is 0 Å². The maximum atomic E-state index is 6.56. The smallest absolute Gasteiger partial charge is 0.107 e. The van der Waals surface area contributed by atoms with Crippen molar-refractivity contribution >= 4 is 28.4 Å². The fourth-order valence-corrected chi connectivity index (χ4v) is 11.3. The molecule has 1 heterocycles. The summed E-state index contributed by atoms with van der Waals surface area (Å²) in [5, 5.41) is 1.27. The third-order valence-corrected chi connectivity index (χ3v) is 14.9. The van der Waals surface area contributed by atoms with Crippen molar-refractivity contribution in [1.29, 1.82) is 0 Å². The third kappa shape index (κ3) is 7.38. The van der Waals surface area contributed by atoms with Gasteiger partial charge in [0.15, 0.2) is 0 Å². The van der Waals surface area contributed by atoms with Gasteiger partial charge < -0.3 is 14.2 Å². The summed E-state index contributed by atoms with van der Waals surface area (Å²) in [5.74, 6) is 2.17. The summed E-state index contributed by atoms with van der Waals surface area (Å²) in [5.41, 5.74) is 21.6. The van der Waals surface area contributed by atoms with E-state index in [2.05, 4.69) is 224 Å². The molecule has 0 amide bonds. The molecule has 0 saturated heterocycles. The summed E-state index contributed by atoms with van der Waals surface area (Å²) in [7, 11) is 0. The molecule has 0 bridgehead atoms. The van der Waals surface area contributed by atoms with E-state index in [0.717, 1.165) is 56.5 Å². The largest absolute Gasteiger partial charge is 0.466 e. The van der Waals surface area contributed by atoms with Crippen LogP contribution < -0.4 is 4.90 Å². The van der Waals surface area contributed by atoms with E-state index in [1.54, 1.807) is 0 Å². The quantitative estimate of drug-likeness (QED) is 0.144. The average molecular weight is 869 g/mol. The summed E-state index contributed by atoms with van der Waals surface area (Å²) in [6.07, 6.45) is 27.9. The monoisotopic (exact) mass is 868 g/mol. The molecule has 5 aliphatic rings. The number of allylic oxidation sites excluding steroid dienone is 11. The Morgan fingerprint density at radius 3 is 2.04 bits per heavy atom. The lowest BCUT2D eigenvalue weighted by atomic mass is 9.81. The molecule has 12 rings (SSSR count). The number of fused-ring (bicyclic) bond motifs is 6. The van der Waals surface area contributed by atoms with Crippen LogP contribution in [0.3, 0.4) is 0 Å². The Balaban J connectivity index is 0.859. The predicted octanol–water partition coefficient (Wildman–Crippen LogP) is 16.9. The van der Waals surface area contributed by atoms with Crippen LogP contribution in [-0.4, -0.2) is 10.6 Å². The fourth-order valence-electron chi connectivity index (χ4n) is 11.3. The second kappa shape index (κ2) is 16.8. The number of benzene rings is 6. The first-order valence-electron chi connectivity index (χ1n) is 24.3. The minimum absolute atomic E-state index is 0.146. The first-order valence-corrected chi connectivity index (χ1v) is 24.3. The van der Waals surface area contributed by atoms with Crippen LogP contribution >= 0.6 is 0 Å². The lowest BCUT2D eigenvalue weighted by molar-refractivity contribution is 0.275. The lowest BCUT2D eigenvalue weighted by Crippen LogP contribution is -2.30. The maximum Gasteiger partial charge on any atom is 0.107 e. The molecule has 0 fully saturated rings. The number of anilines is 2. The Bertz CT molecular complexity index is 3310. The van der Waals surface area contributed by atoms with E-state index in [9.17, 15) is 0 Å². The number of aromatic nitrogens is 1. The van der Waals surface area contributed by atoms with Crippen molar-refractivity contribution in [2.24, 2.45) is 0 Å². The number of rotatable bonds is 9. The van der Waals surface area contributed by atoms with E-state index >= 15 is 0 Å². The summed E-state index contributed by atoms with van der Waals surface area (Å²) in [4.78, 5) is 2.56. The second-order valence-electron chi connectivity index (χ2n) is 19.4. The van der Waals surface area contributed by atoms with Crippen molar-refractivity contribution in [3.63, 3.8) is 0 Å². The maximum absolute atomic E-state index is 6.56. The Hall–Kier alpha value is -7.36. The molecule has 0 aliphatic heterocycles. The van der Waals surface area contributed by atoms with Gasteiger partial charge >= 0.3 is 0 Å². The topological polar surface area (TPSA) is 17.4 Å². The van der Waals surface area contributed by atoms with Gasteiger partial charge in [0.2, 0.25) is 0 Å². The van der Waals surface area contributed by atoms with Crippen molar-refractivity contribution in [2.75, 3.05) is 4.90 Å². The van der Waals surface area contributed by atoms with Crippen molar-refractivity contribution in [3.8, 4) is 39.1 Å². The van der Waals surface area contributed by atoms with E-state index in [4.69, 9.17) is 4.74 Å². The van der Waals surface area contributed by atoms with Crippen molar-refractivity contribution in [2.45, 2.75) is 77.2 Å². The van der Waals surface area contributed by atoms with E-state index in [-0.39, 0.29) is 11.5 Å². The SMILES string of the molecule is CC1=C(OC2=Cc3c(n(-c4ccc(-c5ccc(N(c6ccc7c(c6)C(C)(C)c6cc(-c8ccccc8)ccc6-7)C6C=CC(C7=CCCC=C7)=CC6)cc5)cc4)c4ccccc34)CC2)CCC=C1. The highest BCUT2D eigenvalue weighted by Crippen LogP contribution is 2.51. The van der Waals surface area contributed by atoms with Crippen LogP contribution in [-0.2, 0) is 16.6 Å². The minimum atomic E-state index is -0.146.